The van der Waals surface area contributed by atoms with Crippen LogP contribution >= 0.6 is 0 Å². The van der Waals surface area contributed by atoms with E-state index >= 15 is 0 Å². The van der Waals surface area contributed by atoms with Crippen LogP contribution in [0.25, 0.3) is 16.8 Å². The van der Waals surface area contributed by atoms with Crippen molar-refractivity contribution in [3.8, 4) is 0 Å². The van der Waals surface area contributed by atoms with Crippen molar-refractivity contribution in [2.24, 2.45) is 0 Å². The number of hydrogen-bond donors (Lipinski definition) is 1. The maximum absolute atomic E-state index is 14.4. The van der Waals surface area contributed by atoms with Gasteiger partial charge in [0.05, 0.1) is 5.69 Å². The molecule has 0 aliphatic carbocycles. The molecule has 1 heterocycles. The van der Waals surface area contributed by atoms with E-state index in [0.717, 1.165) is 48.0 Å². The van der Waals surface area contributed by atoms with Crippen molar-refractivity contribution < 1.29 is 9.18 Å². The van der Waals surface area contributed by atoms with Gasteiger partial charge in [-0.3, -0.25) is 4.79 Å². The second kappa shape index (κ2) is 7.62. The van der Waals surface area contributed by atoms with Crippen LogP contribution in [0.15, 0.2) is 66.7 Å². The third kappa shape index (κ3) is 3.70. The molecule has 1 N–H and O–H groups in total. The van der Waals surface area contributed by atoms with E-state index in [4.69, 9.17) is 0 Å². The predicted molar refractivity (Wildman–Crippen MR) is 109 cm³/mol. The van der Waals surface area contributed by atoms with Gasteiger partial charge in [-0.25, -0.2) is 4.39 Å². The SMILES string of the molecule is O=C(/C=C/c1cccc2ccccc12)Nc1c(F)cccc1N1CCCC1. The minimum Gasteiger partial charge on any atom is -0.370 e. The van der Waals surface area contributed by atoms with Crippen molar-refractivity contribution in [2.45, 2.75) is 12.8 Å². The minimum absolute atomic E-state index is 0.256. The van der Waals surface area contributed by atoms with Crippen molar-refractivity contribution in [1.82, 2.24) is 0 Å². The van der Waals surface area contributed by atoms with Gasteiger partial charge < -0.3 is 10.2 Å². The molecule has 4 heteroatoms. The number of para-hydroxylation sites is 1. The van der Waals surface area contributed by atoms with Gasteiger partial charge in [-0.1, -0.05) is 48.5 Å². The summed E-state index contributed by atoms with van der Waals surface area (Å²) in [5.41, 5.74) is 1.96. The zero-order valence-electron chi connectivity index (χ0n) is 15.0. The fraction of sp³-hybridized carbons (Fsp3) is 0.174. The van der Waals surface area contributed by atoms with Crippen molar-refractivity contribution in [3.05, 3.63) is 78.1 Å². The summed E-state index contributed by atoms with van der Waals surface area (Å²) in [6, 6.07) is 18.9. The highest BCUT2D eigenvalue weighted by Crippen LogP contribution is 2.31. The lowest BCUT2D eigenvalue weighted by Crippen LogP contribution is -2.21. The number of halogens is 1. The van der Waals surface area contributed by atoms with Crippen LogP contribution in [0.2, 0.25) is 0 Å². The number of amides is 1. The fourth-order valence-corrected chi connectivity index (χ4v) is 3.58. The van der Waals surface area contributed by atoms with Gasteiger partial charge in [-0.05, 0) is 47.4 Å². The molecule has 0 radical (unpaired) electrons. The molecular weight excluding hydrogens is 339 g/mol. The summed E-state index contributed by atoms with van der Waals surface area (Å²) >= 11 is 0. The third-order valence-electron chi connectivity index (χ3n) is 4.92. The Kier molecular flexibility index (Phi) is 4.88. The molecule has 1 aliphatic rings. The lowest BCUT2D eigenvalue weighted by Gasteiger charge is -2.21. The van der Waals surface area contributed by atoms with Gasteiger partial charge in [-0.15, -0.1) is 0 Å². The normalized spacial score (nSPS) is 14.2. The average molecular weight is 360 g/mol. The predicted octanol–water partition coefficient (Wildman–Crippen LogP) is 5.23. The fourth-order valence-electron chi connectivity index (χ4n) is 3.58. The van der Waals surface area contributed by atoms with Crippen LogP contribution in [-0.2, 0) is 4.79 Å². The second-order valence-electron chi connectivity index (χ2n) is 6.72. The molecule has 1 saturated heterocycles. The number of anilines is 2. The van der Waals surface area contributed by atoms with Crippen LogP contribution < -0.4 is 10.2 Å². The maximum atomic E-state index is 14.4. The van der Waals surface area contributed by atoms with Crippen LogP contribution in [0, 0.1) is 5.82 Å². The van der Waals surface area contributed by atoms with Crippen LogP contribution in [-0.4, -0.2) is 19.0 Å². The number of hydrogen-bond acceptors (Lipinski definition) is 2. The number of nitrogens with one attached hydrogen (secondary N) is 1. The second-order valence-corrected chi connectivity index (χ2v) is 6.72. The molecular formula is C23H21FN2O. The quantitative estimate of drug-likeness (QED) is 0.646. The molecule has 27 heavy (non-hydrogen) atoms. The molecule has 3 aromatic rings. The van der Waals surface area contributed by atoms with E-state index in [1.54, 1.807) is 12.1 Å². The Balaban J connectivity index is 1.57. The lowest BCUT2D eigenvalue weighted by molar-refractivity contribution is -0.111. The van der Waals surface area contributed by atoms with Gasteiger partial charge >= 0.3 is 0 Å². The topological polar surface area (TPSA) is 32.3 Å². The minimum atomic E-state index is -0.411. The highest BCUT2D eigenvalue weighted by Gasteiger charge is 2.19. The summed E-state index contributed by atoms with van der Waals surface area (Å²) in [4.78, 5) is 14.6. The number of rotatable bonds is 4. The summed E-state index contributed by atoms with van der Waals surface area (Å²) in [5, 5.41) is 4.92. The lowest BCUT2D eigenvalue weighted by atomic mass is 10.0. The van der Waals surface area contributed by atoms with Gasteiger partial charge in [0.25, 0.3) is 0 Å². The van der Waals surface area contributed by atoms with Crippen LogP contribution in [0.3, 0.4) is 0 Å². The highest BCUT2D eigenvalue weighted by atomic mass is 19.1. The van der Waals surface area contributed by atoms with E-state index < -0.39 is 5.82 Å². The molecule has 1 aliphatic heterocycles. The van der Waals surface area contributed by atoms with Gasteiger partial charge in [0.2, 0.25) is 5.91 Å². The molecule has 136 valence electrons. The Morgan fingerprint density at radius 2 is 1.70 bits per heavy atom. The molecule has 1 fully saturated rings. The summed E-state index contributed by atoms with van der Waals surface area (Å²) in [6.45, 7) is 1.77. The Morgan fingerprint density at radius 3 is 2.56 bits per heavy atom. The number of carbonyl (C=O) groups excluding carboxylic acids is 1. The molecule has 0 spiro atoms. The Hall–Kier alpha value is -3.14. The van der Waals surface area contributed by atoms with Crippen molar-refractivity contribution in [3.63, 3.8) is 0 Å². The average Bonchev–Trinajstić information content (AvgIpc) is 3.22. The van der Waals surface area contributed by atoms with Gasteiger partial charge in [0.1, 0.15) is 11.5 Å². The molecule has 4 rings (SSSR count). The van der Waals surface area contributed by atoms with E-state index in [9.17, 15) is 9.18 Å². The molecule has 0 aromatic heterocycles. The van der Waals surface area contributed by atoms with Crippen molar-refractivity contribution >= 4 is 34.1 Å². The van der Waals surface area contributed by atoms with Crippen LogP contribution in [0.1, 0.15) is 18.4 Å². The van der Waals surface area contributed by atoms with E-state index in [2.05, 4.69) is 10.2 Å². The smallest absolute Gasteiger partial charge is 0.248 e. The first-order valence-electron chi connectivity index (χ1n) is 9.23. The molecule has 0 saturated carbocycles. The molecule has 0 unspecified atom stereocenters. The molecule has 0 bridgehead atoms. The summed E-state index contributed by atoms with van der Waals surface area (Å²) in [7, 11) is 0. The largest absolute Gasteiger partial charge is 0.370 e. The van der Waals surface area contributed by atoms with Crippen molar-refractivity contribution in [1.29, 1.82) is 0 Å². The van der Waals surface area contributed by atoms with Gasteiger partial charge in [0, 0.05) is 19.2 Å². The molecule has 3 nitrogen and oxygen atoms in total. The number of nitrogens with zero attached hydrogens (tertiary/aromatic N) is 1. The third-order valence-corrected chi connectivity index (χ3v) is 4.92. The first-order valence-corrected chi connectivity index (χ1v) is 9.23. The van der Waals surface area contributed by atoms with E-state index in [-0.39, 0.29) is 11.6 Å². The van der Waals surface area contributed by atoms with E-state index in [1.807, 2.05) is 48.5 Å². The van der Waals surface area contributed by atoms with Crippen LogP contribution in [0.5, 0.6) is 0 Å². The first-order chi connectivity index (χ1) is 13.2. The zero-order chi connectivity index (χ0) is 18.6. The number of benzene rings is 3. The van der Waals surface area contributed by atoms with Crippen molar-refractivity contribution in [2.75, 3.05) is 23.3 Å². The maximum Gasteiger partial charge on any atom is 0.248 e. The van der Waals surface area contributed by atoms with E-state index in [1.165, 1.54) is 12.1 Å². The standard InChI is InChI=1S/C23H21FN2O/c24-20-11-6-12-21(26-15-3-4-16-26)23(20)25-22(27)14-13-18-9-5-8-17-7-1-2-10-19(17)18/h1-2,5-14H,3-4,15-16H2,(H,25,27)/b14-13+. The molecule has 3 aromatic carbocycles. The summed E-state index contributed by atoms with van der Waals surface area (Å²) in [5.74, 6) is -0.750. The Labute approximate surface area is 158 Å². The van der Waals surface area contributed by atoms with Crippen LogP contribution in [0.4, 0.5) is 15.8 Å². The van der Waals surface area contributed by atoms with E-state index in [0.29, 0.717) is 0 Å². The molecule has 1 amide bonds. The zero-order valence-corrected chi connectivity index (χ0v) is 15.0. The Morgan fingerprint density at radius 1 is 0.963 bits per heavy atom. The summed E-state index contributed by atoms with van der Waals surface area (Å²) in [6.07, 6.45) is 5.41. The van der Waals surface area contributed by atoms with Gasteiger partial charge in [-0.2, -0.15) is 0 Å². The number of carbonyl (C=O) groups is 1. The number of fused-ring (bicyclic) bond motifs is 1. The summed E-state index contributed by atoms with van der Waals surface area (Å²) < 4.78 is 14.4. The molecule has 0 atom stereocenters. The Bertz CT molecular complexity index is 1000. The highest BCUT2D eigenvalue weighted by molar-refractivity contribution is 6.05. The monoisotopic (exact) mass is 360 g/mol. The van der Waals surface area contributed by atoms with Gasteiger partial charge in [0.15, 0.2) is 0 Å². The first kappa shape index (κ1) is 17.3.